The lowest BCUT2D eigenvalue weighted by Crippen LogP contribution is -2.47. The number of rotatable bonds is 1. The predicted molar refractivity (Wildman–Crippen MR) is 60.2 cm³/mol. The normalized spacial score (nSPS) is 25.3. The minimum atomic E-state index is -4.30. The molecule has 0 spiro atoms. The number of nitrogens with one attached hydrogen (secondary N) is 1. The van der Waals surface area contributed by atoms with E-state index in [2.05, 4.69) is 4.98 Å². The number of ether oxygens (including phenoxy) is 1. The highest BCUT2D eigenvalue weighted by atomic mass is 19.4. The topological polar surface area (TPSA) is 26.6 Å². The third kappa shape index (κ3) is 2.93. The monoisotopic (exact) mass is 261 g/mol. The van der Waals surface area contributed by atoms with E-state index < -0.39 is 11.7 Å². The summed E-state index contributed by atoms with van der Waals surface area (Å²) < 4.78 is 42.9. The number of pyridine rings is 1. The molecule has 2 heterocycles. The fraction of sp³-hybridized carbons (Fsp3) is 0.583. The number of hydrogen-bond acceptors (Lipinski definition) is 2. The van der Waals surface area contributed by atoms with Crippen molar-refractivity contribution in [3.63, 3.8) is 0 Å². The van der Waals surface area contributed by atoms with E-state index in [1.54, 1.807) is 0 Å². The molecule has 18 heavy (non-hydrogen) atoms. The van der Waals surface area contributed by atoms with Crippen LogP contribution < -0.4 is 9.88 Å². The quantitative estimate of drug-likeness (QED) is 0.774. The number of aromatic amines is 1. The lowest BCUT2D eigenvalue weighted by atomic mass is 10.2. The van der Waals surface area contributed by atoms with Gasteiger partial charge >= 0.3 is 6.18 Å². The molecule has 0 radical (unpaired) electrons. The zero-order valence-electron chi connectivity index (χ0n) is 10.3. The first-order chi connectivity index (χ1) is 8.36. The van der Waals surface area contributed by atoms with E-state index >= 15 is 0 Å². The molecule has 0 saturated carbocycles. The maximum absolute atomic E-state index is 12.4. The minimum Gasteiger partial charge on any atom is -0.367 e. The van der Waals surface area contributed by atoms with Crippen molar-refractivity contribution in [2.24, 2.45) is 0 Å². The molecule has 0 aliphatic carbocycles. The van der Waals surface area contributed by atoms with E-state index in [1.807, 2.05) is 18.7 Å². The van der Waals surface area contributed by atoms with Crippen molar-refractivity contribution in [3.8, 4) is 0 Å². The SMILES string of the molecule is C[C@@H]1CN(c2ccc(C(F)(F)F)c[nH+]2)C[C@@H](C)O1. The Morgan fingerprint density at radius 2 is 1.83 bits per heavy atom. The number of hydrogen-bond donors (Lipinski definition) is 0. The summed E-state index contributed by atoms with van der Waals surface area (Å²) in [5, 5.41) is 0. The molecular weight excluding hydrogens is 245 g/mol. The Bertz CT molecular complexity index is 395. The number of morpholine rings is 1. The van der Waals surface area contributed by atoms with E-state index in [4.69, 9.17) is 4.74 Å². The molecule has 0 aromatic carbocycles. The molecule has 1 N–H and O–H groups in total. The molecule has 6 heteroatoms. The zero-order chi connectivity index (χ0) is 13.3. The number of aromatic nitrogens is 1. The van der Waals surface area contributed by atoms with Crippen molar-refractivity contribution >= 4 is 5.82 Å². The number of nitrogens with zero attached hydrogens (tertiary/aromatic N) is 1. The molecule has 2 atom stereocenters. The van der Waals surface area contributed by atoms with Crippen molar-refractivity contribution in [2.75, 3.05) is 18.0 Å². The van der Waals surface area contributed by atoms with Crippen LogP contribution in [0.2, 0.25) is 0 Å². The standard InChI is InChI=1S/C12H15F3N2O/c1-8-6-17(7-9(2)18-8)11-4-3-10(5-16-11)12(13,14)15/h3-5,8-9H,6-7H2,1-2H3/p+1/t8-,9-/m1/s1. The Morgan fingerprint density at radius 1 is 1.22 bits per heavy atom. The highest BCUT2D eigenvalue weighted by Gasteiger charge is 2.33. The van der Waals surface area contributed by atoms with Crippen LogP contribution in [0.3, 0.4) is 0 Å². The molecule has 0 unspecified atom stereocenters. The van der Waals surface area contributed by atoms with Gasteiger partial charge in [0.15, 0.2) is 0 Å². The molecule has 1 aliphatic rings. The third-order valence-electron chi connectivity index (χ3n) is 2.88. The van der Waals surface area contributed by atoms with Crippen LogP contribution in [-0.2, 0) is 10.9 Å². The number of anilines is 1. The van der Waals surface area contributed by atoms with Crippen LogP contribution in [0.25, 0.3) is 0 Å². The first kappa shape index (κ1) is 13.1. The van der Waals surface area contributed by atoms with Gasteiger partial charge in [-0.15, -0.1) is 0 Å². The Kier molecular flexibility index (Phi) is 3.47. The molecule has 1 saturated heterocycles. The van der Waals surface area contributed by atoms with Gasteiger partial charge in [-0.25, -0.2) is 4.98 Å². The van der Waals surface area contributed by atoms with Gasteiger partial charge in [-0.1, -0.05) is 0 Å². The summed E-state index contributed by atoms with van der Waals surface area (Å²) in [7, 11) is 0. The molecule has 1 aliphatic heterocycles. The summed E-state index contributed by atoms with van der Waals surface area (Å²) >= 11 is 0. The minimum absolute atomic E-state index is 0.0736. The van der Waals surface area contributed by atoms with Crippen molar-refractivity contribution in [1.82, 2.24) is 0 Å². The fourth-order valence-electron chi connectivity index (χ4n) is 2.16. The first-order valence-electron chi connectivity index (χ1n) is 5.85. The molecule has 1 aromatic heterocycles. The van der Waals surface area contributed by atoms with Gasteiger partial charge in [0.25, 0.3) is 5.82 Å². The molecule has 0 amide bonds. The van der Waals surface area contributed by atoms with Gasteiger partial charge in [0.2, 0.25) is 0 Å². The van der Waals surface area contributed by atoms with Crippen LogP contribution in [0.5, 0.6) is 0 Å². The Labute approximate surface area is 104 Å². The number of alkyl halides is 3. The number of halogens is 3. The average molecular weight is 261 g/mol. The maximum Gasteiger partial charge on any atom is 0.419 e. The lowest BCUT2D eigenvalue weighted by molar-refractivity contribution is -0.368. The third-order valence-corrected chi connectivity index (χ3v) is 2.88. The van der Waals surface area contributed by atoms with Gasteiger partial charge in [-0.05, 0) is 19.9 Å². The molecule has 1 fully saturated rings. The summed E-state index contributed by atoms with van der Waals surface area (Å²) in [6.07, 6.45) is -3.16. The van der Waals surface area contributed by atoms with E-state index in [1.165, 1.54) is 6.07 Å². The van der Waals surface area contributed by atoms with Crippen molar-refractivity contribution in [3.05, 3.63) is 23.9 Å². The highest BCUT2D eigenvalue weighted by Crippen LogP contribution is 2.28. The first-order valence-corrected chi connectivity index (χ1v) is 5.85. The molecule has 3 nitrogen and oxygen atoms in total. The second-order valence-electron chi connectivity index (χ2n) is 4.62. The molecular formula is C12H16F3N2O+. The summed E-state index contributed by atoms with van der Waals surface area (Å²) in [6, 6.07) is 2.56. The van der Waals surface area contributed by atoms with E-state index in [0.29, 0.717) is 18.9 Å². The van der Waals surface area contributed by atoms with Gasteiger partial charge in [-0.3, -0.25) is 4.90 Å². The lowest BCUT2D eigenvalue weighted by Gasteiger charge is -2.30. The smallest absolute Gasteiger partial charge is 0.367 e. The average Bonchev–Trinajstić information content (AvgIpc) is 2.27. The predicted octanol–water partition coefficient (Wildman–Crippen LogP) is 2.13. The molecule has 100 valence electrons. The van der Waals surface area contributed by atoms with Gasteiger partial charge in [-0.2, -0.15) is 13.2 Å². The fourth-order valence-corrected chi connectivity index (χ4v) is 2.16. The van der Waals surface area contributed by atoms with Gasteiger partial charge in [0, 0.05) is 6.07 Å². The largest absolute Gasteiger partial charge is 0.419 e. The van der Waals surface area contributed by atoms with Crippen LogP contribution in [0.1, 0.15) is 19.4 Å². The summed E-state index contributed by atoms with van der Waals surface area (Å²) in [4.78, 5) is 4.70. The van der Waals surface area contributed by atoms with Crippen molar-refractivity contribution < 1.29 is 22.9 Å². The molecule has 0 bridgehead atoms. The summed E-state index contributed by atoms with van der Waals surface area (Å²) in [5.41, 5.74) is -0.666. The number of H-pyrrole nitrogens is 1. The highest BCUT2D eigenvalue weighted by molar-refractivity contribution is 5.35. The molecule has 2 rings (SSSR count). The summed E-state index contributed by atoms with van der Waals surface area (Å²) in [6.45, 7) is 5.25. The van der Waals surface area contributed by atoms with E-state index in [-0.39, 0.29) is 12.2 Å². The maximum atomic E-state index is 12.4. The Morgan fingerprint density at radius 3 is 2.28 bits per heavy atom. The van der Waals surface area contributed by atoms with Gasteiger partial charge < -0.3 is 4.74 Å². The van der Waals surface area contributed by atoms with Crippen LogP contribution in [0.4, 0.5) is 19.0 Å². The van der Waals surface area contributed by atoms with Gasteiger partial charge in [0.05, 0.1) is 17.8 Å². The second-order valence-corrected chi connectivity index (χ2v) is 4.62. The van der Waals surface area contributed by atoms with Crippen LogP contribution in [-0.4, -0.2) is 25.3 Å². The Hall–Kier alpha value is -1.30. The van der Waals surface area contributed by atoms with Gasteiger partial charge in [0.1, 0.15) is 19.3 Å². The van der Waals surface area contributed by atoms with Crippen molar-refractivity contribution in [2.45, 2.75) is 32.2 Å². The summed E-state index contributed by atoms with van der Waals surface area (Å²) in [5.74, 6) is 0.685. The van der Waals surface area contributed by atoms with Crippen molar-refractivity contribution in [1.29, 1.82) is 0 Å². The van der Waals surface area contributed by atoms with E-state index in [0.717, 1.165) is 12.3 Å². The Balaban J connectivity index is 2.14. The second kappa shape index (κ2) is 4.76. The molecule has 1 aromatic rings. The van der Waals surface area contributed by atoms with Crippen LogP contribution in [0.15, 0.2) is 18.3 Å². The van der Waals surface area contributed by atoms with Crippen LogP contribution >= 0.6 is 0 Å². The zero-order valence-corrected chi connectivity index (χ0v) is 10.3. The van der Waals surface area contributed by atoms with Crippen LogP contribution in [0, 0.1) is 0 Å². The van der Waals surface area contributed by atoms with E-state index in [9.17, 15) is 13.2 Å².